The first-order chi connectivity index (χ1) is 11.3. The SMILES string of the molecule is CCC(Oc1ccccc1F)C(=O)NCC(O)[C@H]1COC(C)(C)O1. The zero-order valence-electron chi connectivity index (χ0n) is 14.1. The molecular weight excluding hydrogens is 317 g/mol. The van der Waals surface area contributed by atoms with Crippen molar-refractivity contribution in [1.82, 2.24) is 5.32 Å². The maximum Gasteiger partial charge on any atom is 0.261 e. The van der Waals surface area contributed by atoms with Crippen LogP contribution in [-0.2, 0) is 14.3 Å². The lowest BCUT2D eigenvalue weighted by Gasteiger charge is -2.22. The molecule has 0 aromatic heterocycles. The summed E-state index contributed by atoms with van der Waals surface area (Å²) in [5.41, 5.74) is 0. The number of hydrogen-bond donors (Lipinski definition) is 2. The highest BCUT2D eigenvalue weighted by atomic mass is 19.1. The molecule has 0 saturated carbocycles. The average Bonchev–Trinajstić information content (AvgIpc) is 2.91. The number of amides is 1. The van der Waals surface area contributed by atoms with Crippen molar-refractivity contribution < 1.29 is 28.5 Å². The van der Waals surface area contributed by atoms with E-state index in [4.69, 9.17) is 14.2 Å². The molecule has 134 valence electrons. The molecule has 0 spiro atoms. The molecule has 3 atom stereocenters. The molecule has 6 nitrogen and oxygen atoms in total. The summed E-state index contributed by atoms with van der Waals surface area (Å²) in [6.45, 7) is 5.53. The number of carbonyl (C=O) groups excluding carboxylic acids is 1. The van der Waals surface area contributed by atoms with Crippen LogP contribution in [0.2, 0.25) is 0 Å². The Labute approximate surface area is 140 Å². The van der Waals surface area contributed by atoms with E-state index in [1.165, 1.54) is 12.1 Å². The molecule has 1 amide bonds. The maximum atomic E-state index is 13.6. The lowest BCUT2D eigenvalue weighted by molar-refractivity contribution is -0.151. The summed E-state index contributed by atoms with van der Waals surface area (Å²) in [6.07, 6.45) is -1.88. The highest BCUT2D eigenvalue weighted by Gasteiger charge is 2.37. The van der Waals surface area contributed by atoms with Gasteiger partial charge in [0.05, 0.1) is 12.7 Å². The molecule has 1 aromatic carbocycles. The smallest absolute Gasteiger partial charge is 0.261 e. The van der Waals surface area contributed by atoms with E-state index in [1.807, 2.05) is 0 Å². The van der Waals surface area contributed by atoms with E-state index in [2.05, 4.69) is 5.32 Å². The Bertz CT molecular complexity index is 566. The number of ether oxygens (including phenoxy) is 3. The van der Waals surface area contributed by atoms with Crippen molar-refractivity contribution in [3.8, 4) is 5.75 Å². The van der Waals surface area contributed by atoms with Crippen LogP contribution in [0, 0.1) is 5.82 Å². The predicted molar refractivity (Wildman–Crippen MR) is 85.0 cm³/mol. The van der Waals surface area contributed by atoms with E-state index in [0.29, 0.717) is 6.42 Å². The Morgan fingerprint density at radius 3 is 2.79 bits per heavy atom. The van der Waals surface area contributed by atoms with Crippen LogP contribution >= 0.6 is 0 Å². The van der Waals surface area contributed by atoms with Crippen molar-refractivity contribution in [2.24, 2.45) is 0 Å². The molecule has 1 heterocycles. The fourth-order valence-corrected chi connectivity index (χ4v) is 2.37. The lowest BCUT2D eigenvalue weighted by Crippen LogP contribution is -2.45. The molecule has 2 rings (SSSR count). The van der Waals surface area contributed by atoms with Crippen LogP contribution in [0.3, 0.4) is 0 Å². The van der Waals surface area contributed by atoms with E-state index in [0.717, 1.165) is 0 Å². The van der Waals surface area contributed by atoms with Crippen molar-refractivity contribution in [2.75, 3.05) is 13.2 Å². The van der Waals surface area contributed by atoms with Crippen molar-refractivity contribution in [3.05, 3.63) is 30.1 Å². The number of benzene rings is 1. The van der Waals surface area contributed by atoms with Crippen LogP contribution in [0.15, 0.2) is 24.3 Å². The molecule has 0 aliphatic carbocycles. The molecule has 7 heteroatoms. The summed E-state index contributed by atoms with van der Waals surface area (Å²) in [7, 11) is 0. The molecular formula is C17H24FNO5. The van der Waals surface area contributed by atoms with Crippen LogP contribution in [-0.4, -0.2) is 48.3 Å². The average molecular weight is 341 g/mol. The van der Waals surface area contributed by atoms with E-state index < -0.39 is 35.8 Å². The van der Waals surface area contributed by atoms with Crippen molar-refractivity contribution >= 4 is 5.91 Å². The van der Waals surface area contributed by atoms with Gasteiger partial charge in [-0.15, -0.1) is 0 Å². The van der Waals surface area contributed by atoms with Crippen LogP contribution in [0.4, 0.5) is 4.39 Å². The third kappa shape index (κ3) is 4.90. The predicted octanol–water partition coefficient (Wildman–Crippen LogP) is 1.61. The van der Waals surface area contributed by atoms with Gasteiger partial charge in [-0.3, -0.25) is 4.79 Å². The second-order valence-electron chi connectivity index (χ2n) is 6.12. The number of aliphatic hydroxyl groups excluding tert-OH is 1. The molecule has 1 saturated heterocycles. The number of nitrogens with one attached hydrogen (secondary N) is 1. The fraction of sp³-hybridized carbons (Fsp3) is 0.588. The maximum absolute atomic E-state index is 13.6. The van der Waals surface area contributed by atoms with Gasteiger partial charge in [0.1, 0.15) is 6.10 Å². The van der Waals surface area contributed by atoms with Crippen molar-refractivity contribution in [1.29, 1.82) is 0 Å². The fourth-order valence-electron chi connectivity index (χ4n) is 2.37. The zero-order valence-corrected chi connectivity index (χ0v) is 14.1. The van der Waals surface area contributed by atoms with Gasteiger partial charge in [0.15, 0.2) is 23.5 Å². The molecule has 1 aromatic rings. The molecule has 1 aliphatic rings. The minimum atomic E-state index is -0.901. The van der Waals surface area contributed by atoms with Crippen molar-refractivity contribution in [3.63, 3.8) is 0 Å². The monoisotopic (exact) mass is 341 g/mol. The third-order valence-electron chi connectivity index (χ3n) is 3.71. The number of carbonyl (C=O) groups is 1. The topological polar surface area (TPSA) is 77.0 Å². The van der Waals surface area contributed by atoms with Gasteiger partial charge >= 0.3 is 0 Å². The van der Waals surface area contributed by atoms with Gasteiger partial charge in [-0.05, 0) is 32.4 Å². The highest BCUT2D eigenvalue weighted by Crippen LogP contribution is 2.24. The summed E-state index contributed by atoms with van der Waals surface area (Å²) in [5.74, 6) is -1.66. The van der Waals surface area contributed by atoms with E-state index in [9.17, 15) is 14.3 Å². The van der Waals surface area contributed by atoms with Gasteiger partial charge in [-0.25, -0.2) is 4.39 Å². The van der Waals surface area contributed by atoms with Gasteiger partial charge in [0.25, 0.3) is 5.91 Å². The van der Waals surface area contributed by atoms with Gasteiger partial charge in [0, 0.05) is 6.54 Å². The molecule has 2 N–H and O–H groups in total. The molecule has 0 radical (unpaired) electrons. The number of rotatable bonds is 7. The zero-order chi connectivity index (χ0) is 17.7. The summed E-state index contributed by atoms with van der Waals surface area (Å²) in [6, 6.07) is 5.91. The van der Waals surface area contributed by atoms with E-state index in [1.54, 1.807) is 32.9 Å². The Hall–Kier alpha value is -1.70. The first-order valence-corrected chi connectivity index (χ1v) is 8.01. The Morgan fingerprint density at radius 1 is 1.50 bits per heavy atom. The standard InChI is InChI=1S/C17H24FNO5/c1-4-13(23-14-8-6-5-7-11(14)18)16(21)19-9-12(20)15-10-22-17(2,3)24-15/h5-8,12-13,15,20H,4,9-10H2,1-3H3,(H,19,21)/t12?,13?,15-/m1/s1. The Balaban J connectivity index is 1.85. The summed E-state index contributed by atoms with van der Waals surface area (Å²) in [5, 5.41) is 12.7. The van der Waals surface area contributed by atoms with Crippen LogP contribution in [0.5, 0.6) is 5.75 Å². The second-order valence-corrected chi connectivity index (χ2v) is 6.12. The van der Waals surface area contributed by atoms with Crippen LogP contribution in [0.25, 0.3) is 0 Å². The normalized spacial score (nSPS) is 22.0. The second kappa shape index (κ2) is 7.92. The number of aliphatic hydroxyl groups is 1. The molecule has 1 aliphatic heterocycles. The summed E-state index contributed by atoms with van der Waals surface area (Å²) in [4.78, 5) is 12.2. The Morgan fingerprint density at radius 2 is 2.21 bits per heavy atom. The lowest BCUT2D eigenvalue weighted by atomic mass is 10.2. The highest BCUT2D eigenvalue weighted by molar-refractivity contribution is 5.81. The van der Waals surface area contributed by atoms with Gasteiger partial charge in [-0.2, -0.15) is 0 Å². The molecule has 24 heavy (non-hydrogen) atoms. The molecule has 2 unspecified atom stereocenters. The number of para-hydroxylation sites is 1. The summed E-state index contributed by atoms with van der Waals surface area (Å²) >= 11 is 0. The van der Waals surface area contributed by atoms with Crippen LogP contribution in [0.1, 0.15) is 27.2 Å². The first kappa shape index (κ1) is 18.6. The van der Waals surface area contributed by atoms with Gasteiger partial charge < -0.3 is 24.6 Å². The minimum absolute atomic E-state index is 0.0000713. The minimum Gasteiger partial charge on any atom is -0.478 e. The molecule has 1 fully saturated rings. The van der Waals surface area contributed by atoms with E-state index in [-0.39, 0.29) is 18.9 Å². The van der Waals surface area contributed by atoms with E-state index >= 15 is 0 Å². The first-order valence-electron chi connectivity index (χ1n) is 8.01. The largest absolute Gasteiger partial charge is 0.478 e. The van der Waals surface area contributed by atoms with Gasteiger partial charge in [-0.1, -0.05) is 19.1 Å². The third-order valence-corrected chi connectivity index (χ3v) is 3.71. The van der Waals surface area contributed by atoms with Gasteiger partial charge in [0.2, 0.25) is 0 Å². The molecule has 0 bridgehead atoms. The summed E-state index contributed by atoms with van der Waals surface area (Å²) < 4.78 is 30.0. The van der Waals surface area contributed by atoms with Crippen LogP contribution < -0.4 is 10.1 Å². The number of hydrogen-bond acceptors (Lipinski definition) is 5. The Kier molecular flexibility index (Phi) is 6.15. The van der Waals surface area contributed by atoms with Crippen molar-refractivity contribution in [2.45, 2.75) is 51.3 Å². The number of halogens is 1. The quantitative estimate of drug-likeness (QED) is 0.788.